The van der Waals surface area contributed by atoms with Gasteiger partial charge < -0.3 is 5.73 Å². The Hall–Kier alpha value is -0.900. The predicted octanol–water partition coefficient (Wildman–Crippen LogP) is 1.03. The standard InChI is InChI=1S/C9H16N4/c1-2-13-7-8(11-12-13)9(10)5-3-4-6-9/h7H,2-6,10H2,1H3. The van der Waals surface area contributed by atoms with Crippen LogP contribution in [0.5, 0.6) is 0 Å². The van der Waals surface area contributed by atoms with Gasteiger partial charge in [-0.2, -0.15) is 0 Å². The van der Waals surface area contributed by atoms with Crippen LogP contribution in [0.25, 0.3) is 0 Å². The zero-order valence-corrected chi connectivity index (χ0v) is 8.03. The number of hydrogen-bond acceptors (Lipinski definition) is 3. The van der Waals surface area contributed by atoms with Crippen LogP contribution in [0, 0.1) is 0 Å². The zero-order chi connectivity index (χ0) is 9.31. The summed E-state index contributed by atoms with van der Waals surface area (Å²) >= 11 is 0. The molecule has 2 N–H and O–H groups in total. The summed E-state index contributed by atoms with van der Waals surface area (Å²) in [6.07, 6.45) is 6.51. The van der Waals surface area contributed by atoms with Crippen LogP contribution in [-0.2, 0) is 12.1 Å². The first-order chi connectivity index (χ1) is 6.24. The second kappa shape index (κ2) is 3.10. The monoisotopic (exact) mass is 180 g/mol. The van der Waals surface area contributed by atoms with Crippen molar-refractivity contribution in [1.29, 1.82) is 0 Å². The number of aryl methyl sites for hydroxylation is 1. The Kier molecular flexibility index (Phi) is 2.07. The molecule has 0 aliphatic heterocycles. The Morgan fingerprint density at radius 1 is 1.54 bits per heavy atom. The first-order valence-electron chi connectivity index (χ1n) is 4.94. The molecule has 0 spiro atoms. The van der Waals surface area contributed by atoms with E-state index in [-0.39, 0.29) is 5.54 Å². The van der Waals surface area contributed by atoms with Crippen molar-refractivity contribution in [2.45, 2.75) is 44.7 Å². The molecule has 0 aromatic carbocycles. The van der Waals surface area contributed by atoms with Gasteiger partial charge >= 0.3 is 0 Å². The largest absolute Gasteiger partial charge is 0.320 e. The van der Waals surface area contributed by atoms with Gasteiger partial charge in [0.2, 0.25) is 0 Å². The van der Waals surface area contributed by atoms with E-state index in [4.69, 9.17) is 5.73 Å². The molecule has 72 valence electrons. The van der Waals surface area contributed by atoms with E-state index in [2.05, 4.69) is 17.2 Å². The van der Waals surface area contributed by atoms with Crippen molar-refractivity contribution in [3.05, 3.63) is 11.9 Å². The Bertz CT molecular complexity index is 286. The van der Waals surface area contributed by atoms with Crippen LogP contribution in [0.3, 0.4) is 0 Å². The molecule has 1 aromatic heterocycles. The molecule has 0 saturated heterocycles. The smallest absolute Gasteiger partial charge is 0.102 e. The van der Waals surface area contributed by atoms with Crippen molar-refractivity contribution in [2.24, 2.45) is 5.73 Å². The number of hydrogen-bond donors (Lipinski definition) is 1. The number of nitrogens with two attached hydrogens (primary N) is 1. The van der Waals surface area contributed by atoms with Gasteiger partial charge in [-0.15, -0.1) is 5.10 Å². The summed E-state index contributed by atoms with van der Waals surface area (Å²) in [5.74, 6) is 0. The molecular weight excluding hydrogens is 164 g/mol. The van der Waals surface area contributed by atoms with Gasteiger partial charge in [-0.05, 0) is 19.8 Å². The highest BCUT2D eigenvalue weighted by atomic mass is 15.4. The summed E-state index contributed by atoms with van der Waals surface area (Å²) in [4.78, 5) is 0. The molecule has 13 heavy (non-hydrogen) atoms. The van der Waals surface area contributed by atoms with Crippen LogP contribution >= 0.6 is 0 Å². The first-order valence-corrected chi connectivity index (χ1v) is 4.94. The fraction of sp³-hybridized carbons (Fsp3) is 0.778. The highest BCUT2D eigenvalue weighted by molar-refractivity contribution is 5.11. The van der Waals surface area contributed by atoms with Gasteiger partial charge in [0.15, 0.2) is 0 Å². The Morgan fingerprint density at radius 2 is 2.23 bits per heavy atom. The van der Waals surface area contributed by atoms with E-state index < -0.39 is 0 Å². The highest BCUT2D eigenvalue weighted by Gasteiger charge is 2.33. The second-order valence-corrected chi connectivity index (χ2v) is 3.82. The van der Waals surface area contributed by atoms with Crippen LogP contribution < -0.4 is 5.73 Å². The van der Waals surface area contributed by atoms with Crippen molar-refractivity contribution in [3.8, 4) is 0 Å². The van der Waals surface area contributed by atoms with Gasteiger partial charge in [-0.25, -0.2) is 0 Å². The van der Waals surface area contributed by atoms with E-state index in [1.807, 2.05) is 10.9 Å². The molecule has 0 bridgehead atoms. The van der Waals surface area contributed by atoms with Gasteiger partial charge in [-0.3, -0.25) is 4.68 Å². The van der Waals surface area contributed by atoms with Gasteiger partial charge in [0.05, 0.1) is 11.7 Å². The summed E-state index contributed by atoms with van der Waals surface area (Å²) in [7, 11) is 0. The third kappa shape index (κ3) is 1.46. The average molecular weight is 180 g/mol. The molecule has 1 aliphatic carbocycles. The lowest BCUT2D eigenvalue weighted by atomic mass is 9.96. The molecule has 1 aromatic rings. The molecule has 0 unspecified atom stereocenters. The fourth-order valence-electron chi connectivity index (χ4n) is 1.94. The van der Waals surface area contributed by atoms with Gasteiger partial charge in [0.25, 0.3) is 0 Å². The summed E-state index contributed by atoms with van der Waals surface area (Å²) in [6.45, 7) is 2.92. The van der Waals surface area contributed by atoms with Crippen LogP contribution in [0.1, 0.15) is 38.3 Å². The fourth-order valence-corrected chi connectivity index (χ4v) is 1.94. The van der Waals surface area contributed by atoms with Gasteiger partial charge in [-0.1, -0.05) is 18.1 Å². The van der Waals surface area contributed by atoms with E-state index in [9.17, 15) is 0 Å². The molecule has 1 saturated carbocycles. The van der Waals surface area contributed by atoms with Crippen LogP contribution in [0.15, 0.2) is 6.20 Å². The second-order valence-electron chi connectivity index (χ2n) is 3.82. The number of nitrogens with zero attached hydrogens (tertiary/aromatic N) is 3. The van der Waals surface area contributed by atoms with E-state index in [1.54, 1.807) is 0 Å². The maximum atomic E-state index is 6.23. The first kappa shape index (κ1) is 8.69. The summed E-state index contributed by atoms with van der Waals surface area (Å²) < 4.78 is 1.84. The summed E-state index contributed by atoms with van der Waals surface area (Å²) in [5, 5.41) is 8.14. The maximum Gasteiger partial charge on any atom is 0.102 e. The number of rotatable bonds is 2. The predicted molar refractivity (Wildman–Crippen MR) is 50.0 cm³/mol. The molecule has 1 fully saturated rings. The van der Waals surface area contributed by atoms with Crippen LogP contribution in [0.4, 0.5) is 0 Å². The molecule has 0 radical (unpaired) electrons. The lowest BCUT2D eigenvalue weighted by Gasteiger charge is -2.19. The topological polar surface area (TPSA) is 56.7 Å². The highest BCUT2D eigenvalue weighted by Crippen LogP contribution is 2.34. The SMILES string of the molecule is CCn1cc(C2(N)CCCC2)nn1. The third-order valence-electron chi connectivity index (χ3n) is 2.87. The lowest BCUT2D eigenvalue weighted by molar-refractivity contribution is 0.446. The van der Waals surface area contributed by atoms with E-state index in [1.165, 1.54) is 12.8 Å². The molecular formula is C9H16N4. The third-order valence-corrected chi connectivity index (χ3v) is 2.87. The minimum atomic E-state index is -0.187. The van der Waals surface area contributed by atoms with Gasteiger partial charge in [0.1, 0.15) is 5.69 Å². The molecule has 4 nitrogen and oxygen atoms in total. The van der Waals surface area contributed by atoms with Crippen molar-refractivity contribution >= 4 is 0 Å². The average Bonchev–Trinajstić information content (AvgIpc) is 2.72. The molecule has 0 amide bonds. The van der Waals surface area contributed by atoms with E-state index in [0.29, 0.717) is 0 Å². The minimum Gasteiger partial charge on any atom is -0.320 e. The Morgan fingerprint density at radius 3 is 2.77 bits per heavy atom. The quantitative estimate of drug-likeness (QED) is 0.739. The van der Waals surface area contributed by atoms with E-state index >= 15 is 0 Å². The maximum absolute atomic E-state index is 6.23. The number of aromatic nitrogens is 3. The normalized spacial score (nSPS) is 20.8. The lowest BCUT2D eigenvalue weighted by Crippen LogP contribution is -2.33. The summed E-state index contributed by atoms with van der Waals surface area (Å²) in [6, 6.07) is 0. The molecule has 0 atom stereocenters. The Balaban J connectivity index is 2.23. The molecule has 4 heteroatoms. The van der Waals surface area contributed by atoms with Crippen molar-refractivity contribution in [3.63, 3.8) is 0 Å². The van der Waals surface area contributed by atoms with Crippen molar-refractivity contribution in [2.75, 3.05) is 0 Å². The van der Waals surface area contributed by atoms with E-state index in [0.717, 1.165) is 25.1 Å². The van der Waals surface area contributed by atoms with Gasteiger partial charge in [0, 0.05) is 6.54 Å². The van der Waals surface area contributed by atoms with Crippen molar-refractivity contribution < 1.29 is 0 Å². The van der Waals surface area contributed by atoms with Crippen molar-refractivity contribution in [1.82, 2.24) is 15.0 Å². The van der Waals surface area contributed by atoms with Crippen LogP contribution in [0.2, 0.25) is 0 Å². The van der Waals surface area contributed by atoms with Crippen LogP contribution in [-0.4, -0.2) is 15.0 Å². The zero-order valence-electron chi connectivity index (χ0n) is 8.03. The molecule has 1 heterocycles. The minimum absolute atomic E-state index is 0.187. The molecule has 2 rings (SSSR count). The summed E-state index contributed by atoms with van der Waals surface area (Å²) in [5.41, 5.74) is 7.01. The Labute approximate surface area is 78.1 Å². The molecule has 1 aliphatic rings.